The van der Waals surface area contributed by atoms with Gasteiger partial charge in [-0.25, -0.2) is 0 Å². The second kappa shape index (κ2) is 7.42. The molecule has 0 aromatic carbocycles. The molecule has 1 N–H and O–H groups in total. The smallest absolute Gasteiger partial charge is 0.392 e. The van der Waals surface area contributed by atoms with Crippen LogP contribution in [0.15, 0.2) is 0 Å². The molecular formula is C18H26F2O8S. The van der Waals surface area contributed by atoms with E-state index in [9.17, 15) is 26.8 Å². The molecule has 1 spiro atoms. The summed E-state index contributed by atoms with van der Waals surface area (Å²) < 4.78 is 71.7. The fourth-order valence-electron chi connectivity index (χ4n) is 4.68. The monoisotopic (exact) mass is 440 g/mol. The van der Waals surface area contributed by atoms with E-state index in [1.54, 1.807) is 0 Å². The van der Waals surface area contributed by atoms with Gasteiger partial charge in [-0.2, -0.15) is 17.2 Å². The van der Waals surface area contributed by atoms with E-state index in [-0.39, 0.29) is 29.3 Å². The van der Waals surface area contributed by atoms with Crippen LogP contribution in [0.2, 0.25) is 0 Å². The molecule has 4 fully saturated rings. The van der Waals surface area contributed by atoms with Crippen LogP contribution in [0.25, 0.3) is 0 Å². The van der Waals surface area contributed by atoms with E-state index in [4.69, 9.17) is 18.8 Å². The molecule has 1 saturated heterocycles. The Balaban J connectivity index is 1.54. The highest BCUT2D eigenvalue weighted by Gasteiger charge is 2.56. The Hall–Kier alpha value is -1.33. The lowest BCUT2D eigenvalue weighted by atomic mass is 9.54. The van der Waals surface area contributed by atoms with E-state index in [1.165, 1.54) is 13.8 Å². The summed E-state index contributed by atoms with van der Waals surface area (Å²) in [6, 6.07) is 0. The van der Waals surface area contributed by atoms with Crippen molar-refractivity contribution in [1.29, 1.82) is 0 Å². The maximum atomic E-state index is 13.2. The number of rotatable bonds is 7. The molecule has 1 aliphatic heterocycles. The molecule has 0 aromatic heterocycles. The molecule has 11 heteroatoms. The lowest BCUT2D eigenvalue weighted by Crippen LogP contribution is -2.51. The van der Waals surface area contributed by atoms with Crippen molar-refractivity contribution in [2.45, 2.75) is 57.3 Å². The van der Waals surface area contributed by atoms with E-state index in [2.05, 4.69) is 0 Å². The van der Waals surface area contributed by atoms with Crippen LogP contribution in [-0.2, 0) is 33.9 Å². The molecule has 29 heavy (non-hydrogen) atoms. The number of esters is 2. The van der Waals surface area contributed by atoms with Crippen molar-refractivity contribution in [3.8, 4) is 0 Å². The number of cyclic esters (lactones) is 1. The molecule has 3 saturated carbocycles. The second-order valence-electron chi connectivity index (χ2n) is 9.11. The van der Waals surface area contributed by atoms with Crippen molar-refractivity contribution in [3.05, 3.63) is 0 Å². The topological polar surface area (TPSA) is 116 Å². The first-order chi connectivity index (χ1) is 13.3. The van der Waals surface area contributed by atoms with Crippen LogP contribution in [0.5, 0.6) is 0 Å². The molecule has 8 nitrogen and oxygen atoms in total. The van der Waals surface area contributed by atoms with E-state index >= 15 is 0 Å². The van der Waals surface area contributed by atoms with Gasteiger partial charge in [0, 0.05) is 5.41 Å². The Kier molecular flexibility index (Phi) is 5.72. The summed E-state index contributed by atoms with van der Waals surface area (Å²) in [6.45, 7) is 1.26. The summed E-state index contributed by atoms with van der Waals surface area (Å²) in [5.74, 6) is -0.479. The zero-order valence-electron chi connectivity index (χ0n) is 16.4. The summed E-state index contributed by atoms with van der Waals surface area (Å²) in [5.41, 5.74) is -1.45. The Morgan fingerprint density at radius 3 is 2.52 bits per heavy atom. The zero-order valence-corrected chi connectivity index (χ0v) is 17.2. The highest BCUT2D eigenvalue weighted by molar-refractivity contribution is 7.86. The number of ether oxygens (including phenoxy) is 3. The van der Waals surface area contributed by atoms with E-state index in [0.717, 1.165) is 19.3 Å². The van der Waals surface area contributed by atoms with Crippen LogP contribution < -0.4 is 0 Å². The van der Waals surface area contributed by atoms with Crippen LogP contribution in [0, 0.1) is 22.7 Å². The minimum Gasteiger partial charge on any atom is -0.465 e. The van der Waals surface area contributed by atoms with Crippen LogP contribution in [-0.4, -0.2) is 56.1 Å². The molecule has 4 rings (SSSR count). The second-order valence-corrected chi connectivity index (χ2v) is 10.7. The van der Waals surface area contributed by atoms with Crippen molar-refractivity contribution in [2.24, 2.45) is 22.7 Å². The van der Waals surface area contributed by atoms with Gasteiger partial charge in [0.25, 0.3) is 0 Å². The fraction of sp³-hybridized carbons (Fsp3) is 0.889. The molecule has 0 radical (unpaired) electrons. The Labute approximate surface area is 168 Å². The minimum absolute atomic E-state index is 0.110. The zero-order chi connectivity index (χ0) is 21.7. The average molecular weight is 440 g/mol. The highest BCUT2D eigenvalue weighted by Crippen LogP contribution is 2.57. The van der Waals surface area contributed by atoms with Crippen LogP contribution >= 0.6 is 0 Å². The van der Waals surface area contributed by atoms with E-state index < -0.39 is 40.0 Å². The Bertz CT molecular complexity index is 781. The lowest BCUT2D eigenvalue weighted by Gasteiger charge is -2.51. The first kappa shape index (κ1) is 22.4. The largest absolute Gasteiger partial charge is 0.465 e. The van der Waals surface area contributed by atoms with E-state index in [0.29, 0.717) is 19.4 Å². The molecule has 4 unspecified atom stereocenters. The highest BCUT2D eigenvalue weighted by atomic mass is 32.2. The third-order valence-corrected chi connectivity index (χ3v) is 7.27. The maximum Gasteiger partial charge on any atom is 0.392 e. The SMILES string of the molecule is CC(C)(COCC(F)(F)S(=O)(=O)O)C(=O)OC1CC2CCC1CC21COC(=O)C1. The number of carbonyl (C=O) groups excluding carboxylic acids is 2. The van der Waals surface area contributed by atoms with E-state index in [1.807, 2.05) is 0 Å². The fourth-order valence-corrected chi connectivity index (χ4v) is 4.91. The standard InChI is InChI=1S/C18H26F2O8S/c1-16(2,8-26-10-18(19,20)29(23,24)25)15(22)28-13-5-12-4-3-11(13)6-17(12)7-14(21)27-9-17/h11-13H,3-10H2,1-2H3,(H,23,24,25). The lowest BCUT2D eigenvalue weighted by molar-refractivity contribution is -0.179. The first-order valence-corrected chi connectivity index (χ1v) is 11.0. The van der Waals surface area contributed by atoms with Crippen molar-refractivity contribution in [3.63, 3.8) is 0 Å². The van der Waals surface area contributed by atoms with Crippen molar-refractivity contribution in [2.75, 3.05) is 19.8 Å². The number of hydrogen-bond acceptors (Lipinski definition) is 7. The third-order valence-electron chi connectivity index (χ3n) is 6.40. The summed E-state index contributed by atoms with van der Waals surface area (Å²) in [7, 11) is -5.59. The maximum absolute atomic E-state index is 13.2. The summed E-state index contributed by atoms with van der Waals surface area (Å²) >= 11 is 0. The van der Waals surface area contributed by atoms with Crippen molar-refractivity contribution < 1.29 is 45.6 Å². The van der Waals surface area contributed by atoms with Gasteiger partial charge in [-0.3, -0.25) is 14.1 Å². The van der Waals surface area contributed by atoms with Gasteiger partial charge in [0.2, 0.25) is 0 Å². The van der Waals surface area contributed by atoms with Crippen LogP contribution in [0.3, 0.4) is 0 Å². The quantitative estimate of drug-likeness (QED) is 0.473. The predicted molar refractivity (Wildman–Crippen MR) is 94.4 cm³/mol. The summed E-state index contributed by atoms with van der Waals surface area (Å²) in [6.07, 6.45) is 3.30. The number of fused-ring (bicyclic) bond motifs is 2. The van der Waals surface area contributed by atoms with Crippen LogP contribution in [0.4, 0.5) is 8.78 Å². The molecule has 4 atom stereocenters. The molecule has 2 bridgehead atoms. The van der Waals surface area contributed by atoms with Gasteiger partial charge in [-0.15, -0.1) is 0 Å². The molecule has 4 aliphatic rings. The third kappa shape index (κ3) is 4.41. The van der Waals surface area contributed by atoms with Gasteiger partial charge in [0.05, 0.1) is 25.0 Å². The van der Waals surface area contributed by atoms with Crippen molar-refractivity contribution in [1.82, 2.24) is 0 Å². The van der Waals surface area contributed by atoms with Crippen molar-refractivity contribution >= 4 is 22.1 Å². The summed E-state index contributed by atoms with van der Waals surface area (Å²) in [4.78, 5) is 24.2. The number of halogens is 2. The molecule has 0 aromatic rings. The molecule has 3 aliphatic carbocycles. The first-order valence-electron chi connectivity index (χ1n) is 9.55. The minimum atomic E-state index is -5.59. The van der Waals surface area contributed by atoms with Crippen LogP contribution in [0.1, 0.15) is 46.0 Å². The molecule has 1 heterocycles. The molecular weight excluding hydrogens is 414 g/mol. The normalized spacial score (nSPS) is 32.4. The van der Waals surface area contributed by atoms with Gasteiger partial charge in [-0.05, 0) is 51.4 Å². The predicted octanol–water partition coefficient (Wildman–Crippen LogP) is 2.17. The summed E-state index contributed by atoms with van der Waals surface area (Å²) in [5, 5.41) is -4.45. The number of alkyl halides is 2. The Morgan fingerprint density at radius 1 is 1.31 bits per heavy atom. The molecule has 0 amide bonds. The van der Waals surface area contributed by atoms with Gasteiger partial charge in [0.15, 0.2) is 0 Å². The van der Waals surface area contributed by atoms with Gasteiger partial charge < -0.3 is 14.2 Å². The van der Waals surface area contributed by atoms with Gasteiger partial charge >= 0.3 is 27.3 Å². The average Bonchev–Trinajstić information content (AvgIpc) is 2.95. The van der Waals surface area contributed by atoms with Gasteiger partial charge in [0.1, 0.15) is 12.7 Å². The number of carbonyl (C=O) groups is 2. The Morgan fingerprint density at radius 2 is 2.00 bits per heavy atom. The van der Waals surface area contributed by atoms with Gasteiger partial charge in [-0.1, -0.05) is 0 Å². The number of hydrogen-bond donors (Lipinski definition) is 1. The molecule has 166 valence electrons.